The van der Waals surface area contributed by atoms with Crippen molar-refractivity contribution in [2.75, 3.05) is 7.11 Å². The van der Waals surface area contributed by atoms with Gasteiger partial charge in [-0.25, -0.2) is 4.39 Å². The summed E-state index contributed by atoms with van der Waals surface area (Å²) in [4.78, 5) is 0. The van der Waals surface area contributed by atoms with Gasteiger partial charge in [0.1, 0.15) is 0 Å². The van der Waals surface area contributed by atoms with Gasteiger partial charge in [-0.3, -0.25) is 0 Å². The van der Waals surface area contributed by atoms with Crippen molar-refractivity contribution >= 4 is 0 Å². The number of halogens is 2. The Kier molecular flexibility index (Phi) is 2.76. The Morgan fingerprint density at radius 2 is 1.79 bits per heavy atom. The number of hydrogen-bond donors (Lipinski definition) is 1. The van der Waals surface area contributed by atoms with Gasteiger partial charge in [-0.15, -0.1) is 0 Å². The molecule has 0 saturated heterocycles. The summed E-state index contributed by atoms with van der Waals surface area (Å²) in [5.41, 5.74) is 4.90. The summed E-state index contributed by atoms with van der Waals surface area (Å²) in [5, 5.41) is 0. The first-order valence-corrected chi connectivity index (χ1v) is 4.19. The predicted molar refractivity (Wildman–Crippen MR) is 50.1 cm³/mol. The summed E-state index contributed by atoms with van der Waals surface area (Å²) < 4.78 is 31.3. The van der Waals surface area contributed by atoms with Crippen molar-refractivity contribution in [3.05, 3.63) is 29.3 Å². The number of methoxy groups -OCH3 is 1. The van der Waals surface area contributed by atoms with Crippen molar-refractivity contribution in [1.29, 1.82) is 0 Å². The van der Waals surface area contributed by atoms with Gasteiger partial charge < -0.3 is 10.5 Å². The van der Waals surface area contributed by atoms with Crippen LogP contribution in [0.25, 0.3) is 0 Å². The molecule has 0 bridgehead atoms. The monoisotopic (exact) mass is 201 g/mol. The lowest BCUT2D eigenvalue weighted by Crippen LogP contribution is -2.30. The molecule has 0 unspecified atom stereocenters. The number of nitrogens with two attached hydrogens (primary N) is 1. The Morgan fingerprint density at radius 1 is 1.21 bits per heavy atom. The smallest absolute Gasteiger partial charge is 0.200 e. The van der Waals surface area contributed by atoms with Crippen molar-refractivity contribution in [2.45, 2.75) is 19.4 Å². The quantitative estimate of drug-likeness (QED) is 0.795. The number of hydrogen-bond acceptors (Lipinski definition) is 2. The van der Waals surface area contributed by atoms with E-state index in [1.54, 1.807) is 13.8 Å². The van der Waals surface area contributed by atoms with Gasteiger partial charge in [0.15, 0.2) is 11.6 Å². The molecule has 0 aliphatic rings. The summed E-state index contributed by atoms with van der Waals surface area (Å²) in [6.45, 7) is 3.22. The fraction of sp³-hybridized carbons (Fsp3) is 0.400. The molecule has 0 aromatic heterocycles. The minimum atomic E-state index is -0.997. The molecule has 0 heterocycles. The van der Waals surface area contributed by atoms with E-state index in [1.165, 1.54) is 19.2 Å². The molecule has 0 radical (unpaired) electrons. The molecule has 1 aromatic rings. The fourth-order valence-electron chi connectivity index (χ4n) is 1.19. The Balaban J connectivity index is 3.31. The van der Waals surface area contributed by atoms with Gasteiger partial charge in [0, 0.05) is 11.1 Å². The molecule has 0 aliphatic carbocycles. The van der Waals surface area contributed by atoms with Crippen LogP contribution in [-0.4, -0.2) is 7.11 Å². The first-order valence-electron chi connectivity index (χ1n) is 4.19. The lowest BCUT2D eigenvalue weighted by atomic mass is 9.95. The summed E-state index contributed by atoms with van der Waals surface area (Å²) >= 11 is 0. The third-order valence-corrected chi connectivity index (χ3v) is 1.96. The molecule has 78 valence electrons. The van der Waals surface area contributed by atoms with Crippen molar-refractivity contribution in [2.24, 2.45) is 5.73 Å². The molecule has 1 rings (SSSR count). The van der Waals surface area contributed by atoms with E-state index in [1.807, 2.05) is 0 Å². The second-order valence-corrected chi connectivity index (χ2v) is 3.67. The van der Waals surface area contributed by atoms with Crippen LogP contribution in [0.4, 0.5) is 8.78 Å². The molecule has 0 saturated carbocycles. The molecule has 0 spiro atoms. The van der Waals surface area contributed by atoms with Gasteiger partial charge >= 0.3 is 0 Å². The minimum Gasteiger partial charge on any atom is -0.494 e. The Bertz CT molecular complexity index is 345. The van der Waals surface area contributed by atoms with E-state index >= 15 is 0 Å². The second-order valence-electron chi connectivity index (χ2n) is 3.67. The zero-order chi connectivity index (χ0) is 10.9. The highest BCUT2D eigenvalue weighted by Crippen LogP contribution is 2.27. The van der Waals surface area contributed by atoms with Crippen molar-refractivity contribution in [3.8, 4) is 5.75 Å². The summed E-state index contributed by atoms with van der Waals surface area (Å²) in [7, 11) is 1.28. The van der Waals surface area contributed by atoms with Crippen LogP contribution in [0.15, 0.2) is 12.1 Å². The summed E-state index contributed by atoms with van der Waals surface area (Å²) in [6.07, 6.45) is 0. The normalized spacial score (nSPS) is 11.6. The Morgan fingerprint density at radius 3 is 2.21 bits per heavy atom. The maximum absolute atomic E-state index is 13.4. The van der Waals surface area contributed by atoms with Gasteiger partial charge in [0.05, 0.1) is 7.11 Å². The van der Waals surface area contributed by atoms with Crippen LogP contribution in [0.2, 0.25) is 0 Å². The lowest BCUT2D eigenvalue weighted by Gasteiger charge is -2.20. The average molecular weight is 201 g/mol. The maximum atomic E-state index is 13.4. The molecular formula is C10H13F2NO. The van der Waals surface area contributed by atoms with Crippen LogP contribution in [0.3, 0.4) is 0 Å². The van der Waals surface area contributed by atoms with Crippen LogP contribution in [-0.2, 0) is 5.54 Å². The van der Waals surface area contributed by atoms with E-state index in [-0.39, 0.29) is 11.3 Å². The standard InChI is InChI=1S/C10H13F2NO/c1-10(2,13)6-4-5-7(14-3)9(12)8(6)11/h4-5H,13H2,1-3H3. The molecule has 0 fully saturated rings. The Hall–Kier alpha value is -1.16. The molecule has 0 aliphatic heterocycles. The molecule has 0 amide bonds. The first-order chi connectivity index (χ1) is 6.38. The number of rotatable bonds is 2. The predicted octanol–water partition coefficient (Wildman–Crippen LogP) is 2.17. The summed E-state index contributed by atoms with van der Waals surface area (Å²) in [6, 6.07) is 2.79. The van der Waals surface area contributed by atoms with Gasteiger partial charge in [-0.05, 0) is 19.9 Å². The van der Waals surface area contributed by atoms with Crippen LogP contribution in [0.1, 0.15) is 19.4 Å². The molecule has 2 nitrogen and oxygen atoms in total. The highest BCUT2D eigenvalue weighted by Gasteiger charge is 2.23. The third kappa shape index (κ3) is 1.85. The zero-order valence-corrected chi connectivity index (χ0v) is 8.40. The second kappa shape index (κ2) is 3.53. The van der Waals surface area contributed by atoms with Crippen LogP contribution in [0.5, 0.6) is 5.75 Å². The zero-order valence-electron chi connectivity index (χ0n) is 8.40. The molecule has 4 heteroatoms. The fourth-order valence-corrected chi connectivity index (χ4v) is 1.19. The van der Waals surface area contributed by atoms with Crippen molar-refractivity contribution in [3.63, 3.8) is 0 Å². The van der Waals surface area contributed by atoms with E-state index in [4.69, 9.17) is 5.73 Å². The molecule has 1 aromatic carbocycles. The molecule has 14 heavy (non-hydrogen) atoms. The first kappa shape index (κ1) is 10.9. The maximum Gasteiger partial charge on any atom is 0.200 e. The highest BCUT2D eigenvalue weighted by molar-refractivity contribution is 5.34. The van der Waals surface area contributed by atoms with Crippen LogP contribution in [0, 0.1) is 11.6 Å². The van der Waals surface area contributed by atoms with Gasteiger partial charge in [-0.1, -0.05) is 6.07 Å². The van der Waals surface area contributed by atoms with E-state index in [0.717, 1.165) is 0 Å². The van der Waals surface area contributed by atoms with Crippen molar-refractivity contribution in [1.82, 2.24) is 0 Å². The lowest BCUT2D eigenvalue weighted by molar-refractivity contribution is 0.365. The van der Waals surface area contributed by atoms with E-state index in [0.29, 0.717) is 0 Å². The highest BCUT2D eigenvalue weighted by atomic mass is 19.2. The topological polar surface area (TPSA) is 35.2 Å². The number of ether oxygens (including phenoxy) is 1. The van der Waals surface area contributed by atoms with E-state index < -0.39 is 17.2 Å². The summed E-state index contributed by atoms with van der Waals surface area (Å²) in [5.74, 6) is -2.06. The van der Waals surface area contributed by atoms with E-state index in [9.17, 15) is 8.78 Å². The van der Waals surface area contributed by atoms with Gasteiger partial charge in [-0.2, -0.15) is 4.39 Å². The number of benzene rings is 1. The largest absolute Gasteiger partial charge is 0.494 e. The van der Waals surface area contributed by atoms with Crippen LogP contribution < -0.4 is 10.5 Å². The molecule has 0 atom stereocenters. The minimum absolute atomic E-state index is 0.115. The Labute approximate surface area is 81.7 Å². The SMILES string of the molecule is COc1ccc(C(C)(C)N)c(F)c1F. The van der Waals surface area contributed by atoms with Crippen LogP contribution >= 0.6 is 0 Å². The third-order valence-electron chi connectivity index (χ3n) is 1.96. The molecule has 2 N–H and O–H groups in total. The van der Waals surface area contributed by atoms with Gasteiger partial charge in [0.25, 0.3) is 0 Å². The van der Waals surface area contributed by atoms with E-state index in [2.05, 4.69) is 4.74 Å². The molecular weight excluding hydrogens is 188 g/mol. The van der Waals surface area contributed by atoms with Gasteiger partial charge in [0.2, 0.25) is 5.82 Å². The average Bonchev–Trinajstić information content (AvgIpc) is 2.07. The van der Waals surface area contributed by atoms with Crippen molar-refractivity contribution < 1.29 is 13.5 Å².